The molecule has 3 amide bonds. The molecule has 5 unspecified atom stereocenters. The predicted octanol–water partition coefficient (Wildman–Crippen LogP) is 8.55. The van der Waals surface area contributed by atoms with Crippen molar-refractivity contribution in [2.75, 3.05) is 60.8 Å². The number of ketones is 3. The Morgan fingerprint density at radius 1 is 0.365 bits per heavy atom. The Hall–Kier alpha value is -7.23. The number of aryl methyl sites for hydroxylation is 3. The molecule has 524 valence electrons. The average Bonchev–Trinajstić information content (AvgIpc) is 0.787. The van der Waals surface area contributed by atoms with Gasteiger partial charge in [0.05, 0.1) is 41.2 Å². The number of piperidine rings is 3. The number of carbonyl (C=O) groups excluding carboxylic acids is 9. The molecule has 21 nitrogen and oxygen atoms in total. The van der Waals surface area contributed by atoms with Gasteiger partial charge in [0.25, 0.3) is 35.1 Å². The molecule has 3 saturated heterocycles. The predicted molar refractivity (Wildman–Crippen MR) is 353 cm³/mol. The Bertz CT molecular complexity index is 3130. The summed E-state index contributed by atoms with van der Waals surface area (Å²) in [5, 5.41) is 35.5. The van der Waals surface area contributed by atoms with Crippen LogP contribution in [0.1, 0.15) is 184 Å². The Balaban J connectivity index is 0.804. The molecule has 6 aliphatic rings. The van der Waals surface area contributed by atoms with Gasteiger partial charge in [-0.25, -0.2) is 14.4 Å². The number of methoxy groups -OCH3 is 3. The number of amides is 3. The molecule has 3 saturated carbocycles. The van der Waals surface area contributed by atoms with Crippen molar-refractivity contribution in [1.29, 1.82) is 0 Å². The monoisotopic (exact) mass is 1330 g/mol. The van der Waals surface area contributed by atoms with Gasteiger partial charge in [-0.1, -0.05) is 55.7 Å². The summed E-state index contributed by atoms with van der Waals surface area (Å²) in [5.41, 5.74) is -2.55. The van der Waals surface area contributed by atoms with E-state index in [0.29, 0.717) is 103 Å². The minimum absolute atomic E-state index is 0.00429. The van der Waals surface area contributed by atoms with Crippen molar-refractivity contribution in [3.05, 3.63) is 89.5 Å². The number of ether oxygens (including phenoxy) is 6. The zero-order chi connectivity index (χ0) is 68.4. The van der Waals surface area contributed by atoms with Crippen LogP contribution in [0.25, 0.3) is 0 Å². The minimum Gasteiger partial charge on any atom is -0.497 e. The van der Waals surface area contributed by atoms with Crippen molar-refractivity contribution >= 4 is 53.0 Å². The molecule has 96 heavy (non-hydrogen) atoms. The summed E-state index contributed by atoms with van der Waals surface area (Å²) < 4.78 is 33.2. The molecule has 0 aromatic heterocycles. The van der Waals surface area contributed by atoms with Crippen LogP contribution in [-0.4, -0.2) is 179 Å². The average molecular weight is 1330 g/mol. The first kappa shape index (κ1) is 73.0. The van der Waals surface area contributed by atoms with E-state index in [-0.39, 0.29) is 114 Å². The van der Waals surface area contributed by atoms with Crippen molar-refractivity contribution in [3.63, 3.8) is 0 Å². The van der Waals surface area contributed by atoms with E-state index >= 15 is 0 Å². The molecule has 3 aromatic rings. The summed E-state index contributed by atoms with van der Waals surface area (Å²) in [4.78, 5) is 131. The number of unbranched alkanes of at least 4 members (excludes halogenated alkanes) is 3. The highest BCUT2D eigenvalue weighted by molar-refractivity contribution is 6.40. The SMILES string of the molecule is COc1ccc(CCCCCOC(=O)C2CC(C3CCC(O)(C(=O)C(=O)N4CCC(C5CCC(O)(C(=O)C(=O)N6CCCCC6C(=O)OCCCc6ccc(OC)cc6)CC5)CC4C(=O)OCCCCc4ccc(OC)cc4)CC3)CCN2C(=O)C(=O)C2(O)CCCCC2)cc1. The third-order valence-corrected chi connectivity index (χ3v) is 21.8. The number of Topliss-reactive ketones (excluding diaryl/α,β-unsaturated/α-hetero) is 3. The number of hydrogen-bond acceptors (Lipinski definition) is 18. The first-order valence-electron chi connectivity index (χ1n) is 35.4. The number of nitrogens with zero attached hydrogens (tertiary/aromatic N) is 3. The topological polar surface area (TPSA) is 279 Å². The number of aliphatic hydroxyl groups is 3. The second-order valence-corrected chi connectivity index (χ2v) is 27.8. The van der Waals surface area contributed by atoms with Gasteiger partial charge in [-0.15, -0.1) is 0 Å². The van der Waals surface area contributed by atoms with Crippen molar-refractivity contribution in [2.24, 2.45) is 23.7 Å². The summed E-state index contributed by atoms with van der Waals surface area (Å²) in [6.07, 6.45) is 12.3. The minimum atomic E-state index is -2.06. The van der Waals surface area contributed by atoms with Crippen molar-refractivity contribution in [1.82, 2.24) is 14.7 Å². The van der Waals surface area contributed by atoms with E-state index in [1.807, 2.05) is 72.8 Å². The molecule has 3 N–H and O–H groups in total. The van der Waals surface area contributed by atoms with Crippen LogP contribution in [-0.2, 0) is 76.6 Å². The Morgan fingerprint density at radius 2 is 0.708 bits per heavy atom. The lowest BCUT2D eigenvalue weighted by Crippen LogP contribution is -2.59. The van der Waals surface area contributed by atoms with Gasteiger partial charge in [0, 0.05) is 19.6 Å². The number of likely N-dealkylation sites (tertiary alicyclic amines) is 3. The fourth-order valence-electron chi connectivity index (χ4n) is 15.7. The number of hydrogen-bond donors (Lipinski definition) is 3. The molecule has 3 aromatic carbocycles. The summed E-state index contributed by atoms with van der Waals surface area (Å²) in [5.74, 6) is -6.00. The molecule has 6 fully saturated rings. The second-order valence-electron chi connectivity index (χ2n) is 27.8. The van der Waals surface area contributed by atoms with E-state index in [4.69, 9.17) is 28.4 Å². The van der Waals surface area contributed by atoms with Crippen LogP contribution in [0.3, 0.4) is 0 Å². The zero-order valence-corrected chi connectivity index (χ0v) is 56.5. The maximum atomic E-state index is 14.7. The third-order valence-electron chi connectivity index (χ3n) is 21.8. The molecule has 5 atom stereocenters. The van der Waals surface area contributed by atoms with Gasteiger partial charge >= 0.3 is 17.9 Å². The van der Waals surface area contributed by atoms with Crippen LogP contribution < -0.4 is 14.2 Å². The highest BCUT2D eigenvalue weighted by Crippen LogP contribution is 2.45. The maximum absolute atomic E-state index is 14.7. The van der Waals surface area contributed by atoms with E-state index in [1.165, 1.54) is 14.7 Å². The van der Waals surface area contributed by atoms with Crippen molar-refractivity contribution in [3.8, 4) is 17.2 Å². The van der Waals surface area contributed by atoms with Gasteiger partial charge in [0.15, 0.2) is 0 Å². The van der Waals surface area contributed by atoms with E-state index < -0.39 is 87.9 Å². The number of rotatable bonds is 29. The van der Waals surface area contributed by atoms with Crippen LogP contribution in [0.4, 0.5) is 0 Å². The second kappa shape index (κ2) is 34.3. The molecule has 3 aliphatic carbocycles. The molecule has 3 heterocycles. The number of esters is 3. The molecule has 0 bridgehead atoms. The Morgan fingerprint density at radius 3 is 1.11 bits per heavy atom. The zero-order valence-electron chi connectivity index (χ0n) is 56.5. The van der Waals surface area contributed by atoms with E-state index in [1.54, 1.807) is 21.3 Å². The first-order chi connectivity index (χ1) is 46.3. The lowest BCUT2D eigenvalue weighted by Gasteiger charge is -2.45. The fourth-order valence-corrected chi connectivity index (χ4v) is 15.7. The molecule has 0 spiro atoms. The number of carbonyl (C=O) groups is 9. The van der Waals surface area contributed by atoms with Crippen LogP contribution >= 0.6 is 0 Å². The highest BCUT2D eigenvalue weighted by atomic mass is 16.5. The summed E-state index contributed by atoms with van der Waals surface area (Å²) in [6, 6.07) is 19.9. The van der Waals surface area contributed by atoms with Crippen LogP contribution in [0.5, 0.6) is 17.2 Å². The maximum Gasteiger partial charge on any atom is 0.328 e. The summed E-state index contributed by atoms with van der Waals surface area (Å²) in [6.45, 7) is 0.530. The molecule has 0 radical (unpaired) electrons. The molecule has 9 rings (SSSR count). The molecular weight excluding hydrogens is 1230 g/mol. The highest BCUT2D eigenvalue weighted by Gasteiger charge is 2.53. The Labute approximate surface area is 564 Å². The smallest absolute Gasteiger partial charge is 0.328 e. The summed E-state index contributed by atoms with van der Waals surface area (Å²) in [7, 11) is 4.82. The lowest BCUT2D eigenvalue weighted by atomic mass is 9.68. The lowest BCUT2D eigenvalue weighted by molar-refractivity contribution is -0.168. The fraction of sp³-hybridized carbons (Fsp3) is 0.640. The van der Waals surface area contributed by atoms with Crippen LogP contribution in [0.15, 0.2) is 72.8 Å². The third kappa shape index (κ3) is 18.5. The van der Waals surface area contributed by atoms with E-state index in [9.17, 15) is 58.5 Å². The van der Waals surface area contributed by atoms with Gasteiger partial charge in [0.1, 0.15) is 52.2 Å². The van der Waals surface area contributed by atoms with Gasteiger partial charge < -0.3 is 58.4 Å². The van der Waals surface area contributed by atoms with E-state index in [2.05, 4.69) is 0 Å². The van der Waals surface area contributed by atoms with Crippen LogP contribution in [0.2, 0.25) is 0 Å². The quantitative estimate of drug-likeness (QED) is 0.0254. The van der Waals surface area contributed by atoms with Gasteiger partial charge in [0.2, 0.25) is 0 Å². The molecular formula is C75H101N3O18. The summed E-state index contributed by atoms with van der Waals surface area (Å²) >= 11 is 0. The van der Waals surface area contributed by atoms with Gasteiger partial charge in [-0.2, -0.15) is 0 Å². The van der Waals surface area contributed by atoms with E-state index in [0.717, 1.165) is 66.0 Å². The normalized spacial score (nSPS) is 25.9. The standard InChI is InChI=1S/C75H101N3O18/c1-91-58-25-19-51(20-26-58)15-6-4-12-46-94-71(86)62-49-56(35-44-77(62)68(83)64(79)73(88)37-9-5-10-38-73)55-33-41-75(90,42-34-55)66(81)69(84)78-45-36-57(50-63(78)72(87)95-47-13-8-16-52-21-27-59(92-2)28-22-52)54-31-39-74(89,40-32-54)65(80)67(82)76-43-11-7-18-61(76)70(85)96-48-14-17-53-23-29-60(93-3)30-24-53/h19-30,54-57,61-63,88-90H,4-18,31-50H2,1-3H3. The Kier molecular flexibility index (Phi) is 26.1. The van der Waals surface area contributed by atoms with Crippen molar-refractivity contribution in [2.45, 2.75) is 221 Å². The first-order valence-corrected chi connectivity index (χ1v) is 35.4. The van der Waals surface area contributed by atoms with Gasteiger partial charge in [-0.05, 0) is 244 Å². The van der Waals surface area contributed by atoms with Gasteiger partial charge in [-0.3, -0.25) is 28.8 Å². The number of benzene rings is 3. The van der Waals surface area contributed by atoms with Crippen molar-refractivity contribution < 1.29 is 86.9 Å². The largest absolute Gasteiger partial charge is 0.497 e. The molecule has 3 aliphatic heterocycles. The van der Waals surface area contributed by atoms with Crippen LogP contribution in [0, 0.1) is 23.7 Å². The molecule has 21 heteroatoms.